The topological polar surface area (TPSA) is 52.0 Å². The normalized spacial score (nSPS) is 28.3. The van der Waals surface area contributed by atoms with Gasteiger partial charge < -0.3 is 11.5 Å². The van der Waals surface area contributed by atoms with Crippen LogP contribution in [0, 0.1) is 0 Å². The van der Waals surface area contributed by atoms with Crippen molar-refractivity contribution in [2.75, 3.05) is 0 Å². The summed E-state index contributed by atoms with van der Waals surface area (Å²) in [6.07, 6.45) is 0. The van der Waals surface area contributed by atoms with Crippen LogP contribution in [0.3, 0.4) is 0 Å². The molecule has 10 heteroatoms. The minimum absolute atomic E-state index is 0.624. The summed E-state index contributed by atoms with van der Waals surface area (Å²) < 4.78 is 111. The predicted octanol–water partition coefficient (Wildman–Crippen LogP) is 2.94. The van der Waals surface area contributed by atoms with Crippen molar-refractivity contribution in [2.45, 2.75) is 35.3 Å². The van der Waals surface area contributed by atoms with Gasteiger partial charge in [0, 0.05) is 0 Å². The van der Waals surface area contributed by atoms with E-state index in [9.17, 15) is 35.1 Å². The predicted molar refractivity (Wildman–Crippen MR) is 60.1 cm³/mol. The maximum absolute atomic E-state index is 13.9. The first-order chi connectivity index (χ1) is 9.73. The van der Waals surface area contributed by atoms with Gasteiger partial charge in [0.1, 0.15) is 5.92 Å². The summed E-state index contributed by atoms with van der Waals surface area (Å²) in [5.41, 5.74) is 2.69. The monoisotopic (exact) mass is 334 g/mol. The zero-order valence-corrected chi connectivity index (χ0v) is 10.6. The lowest BCUT2D eigenvalue weighted by molar-refractivity contribution is -0.393. The van der Waals surface area contributed by atoms with Crippen LogP contribution in [-0.4, -0.2) is 29.4 Å². The van der Waals surface area contributed by atoms with Gasteiger partial charge in [-0.2, -0.15) is 35.1 Å². The van der Waals surface area contributed by atoms with E-state index in [-0.39, 0.29) is 0 Å². The molecule has 0 atom stereocenters. The maximum Gasteiger partial charge on any atom is 0.347 e. The fourth-order valence-electron chi connectivity index (χ4n) is 2.40. The Hall–Kier alpha value is -1.42. The Bertz CT molecular complexity index is 540. The van der Waals surface area contributed by atoms with Gasteiger partial charge in [-0.1, -0.05) is 30.3 Å². The van der Waals surface area contributed by atoms with E-state index in [0.717, 1.165) is 12.1 Å². The molecule has 0 heterocycles. The molecule has 1 fully saturated rings. The zero-order chi connectivity index (χ0) is 17.2. The average Bonchev–Trinajstić information content (AvgIpc) is 2.37. The Morgan fingerprint density at radius 3 is 1.41 bits per heavy atom. The molecule has 0 aliphatic heterocycles. The van der Waals surface area contributed by atoms with Gasteiger partial charge in [-0.15, -0.1) is 0 Å². The van der Waals surface area contributed by atoms with Gasteiger partial charge >= 0.3 is 23.7 Å². The van der Waals surface area contributed by atoms with Gasteiger partial charge in [-0.25, -0.2) is 0 Å². The summed E-state index contributed by atoms with van der Waals surface area (Å²) in [7, 11) is 0. The van der Waals surface area contributed by atoms with Gasteiger partial charge in [-0.3, -0.25) is 0 Å². The number of hydrogen-bond donors (Lipinski definition) is 2. The molecule has 0 aromatic heterocycles. The quantitative estimate of drug-likeness (QED) is 0.613. The van der Waals surface area contributed by atoms with Crippen LogP contribution in [0.1, 0.15) is 11.5 Å². The van der Waals surface area contributed by atoms with Crippen LogP contribution in [-0.2, 0) is 0 Å². The number of alkyl halides is 8. The Morgan fingerprint density at radius 2 is 1.05 bits per heavy atom. The van der Waals surface area contributed by atoms with Gasteiger partial charge in [-0.05, 0) is 5.56 Å². The van der Waals surface area contributed by atoms with E-state index in [1.807, 2.05) is 0 Å². The van der Waals surface area contributed by atoms with E-state index in [1.165, 1.54) is 6.07 Å². The fraction of sp³-hybridized carbons (Fsp3) is 0.500. The van der Waals surface area contributed by atoms with E-state index in [1.54, 1.807) is 0 Å². The van der Waals surface area contributed by atoms with Gasteiger partial charge in [0.05, 0.1) is 0 Å². The van der Waals surface area contributed by atoms with E-state index in [0.29, 0.717) is 12.1 Å². The van der Waals surface area contributed by atoms with Crippen molar-refractivity contribution in [1.29, 1.82) is 0 Å². The minimum atomic E-state index is -5.77. The molecule has 0 unspecified atom stereocenters. The molecule has 4 N–H and O–H groups in total. The number of benzene rings is 1. The van der Waals surface area contributed by atoms with Crippen LogP contribution in [0.4, 0.5) is 35.1 Å². The first-order valence-electron chi connectivity index (χ1n) is 5.87. The summed E-state index contributed by atoms with van der Waals surface area (Å²) in [6, 6.07) is 4.42. The SMILES string of the molecule is NC1(N)C(F)(F)C(F)(F)C(c2ccccc2)C(F)(F)C1(F)F. The highest BCUT2D eigenvalue weighted by atomic mass is 19.3. The third-order valence-corrected chi connectivity index (χ3v) is 3.73. The molecule has 1 aliphatic carbocycles. The van der Waals surface area contributed by atoms with Crippen molar-refractivity contribution in [1.82, 2.24) is 0 Å². The van der Waals surface area contributed by atoms with Crippen molar-refractivity contribution in [3.05, 3.63) is 35.9 Å². The molecule has 1 aromatic carbocycles. The molecule has 0 saturated heterocycles. The summed E-state index contributed by atoms with van der Waals surface area (Å²) in [6.45, 7) is 0. The molecule has 0 amide bonds. The molecular weight excluding hydrogens is 324 g/mol. The van der Waals surface area contributed by atoms with Gasteiger partial charge in [0.25, 0.3) is 0 Å². The second kappa shape index (κ2) is 4.31. The molecule has 1 aromatic rings. The third kappa shape index (κ3) is 1.67. The smallest absolute Gasteiger partial charge is 0.303 e. The lowest BCUT2D eigenvalue weighted by Gasteiger charge is -2.53. The maximum atomic E-state index is 13.9. The Balaban J connectivity index is 2.78. The van der Waals surface area contributed by atoms with E-state index in [4.69, 9.17) is 0 Å². The standard InChI is InChI=1S/C12H10F8N2/c13-8(14)7(6-4-2-1-3-5-6)9(15,16)11(19,20)12(21,22)10(8,17)18/h1-5,7H,21-22H2. The summed E-state index contributed by atoms with van der Waals surface area (Å²) >= 11 is 0. The van der Waals surface area contributed by atoms with Crippen LogP contribution in [0.15, 0.2) is 30.3 Å². The van der Waals surface area contributed by atoms with E-state index < -0.39 is 40.8 Å². The van der Waals surface area contributed by atoms with Crippen molar-refractivity contribution in [3.63, 3.8) is 0 Å². The number of halogens is 8. The molecule has 0 radical (unpaired) electrons. The van der Waals surface area contributed by atoms with Crippen LogP contribution in [0.25, 0.3) is 0 Å². The van der Waals surface area contributed by atoms with Crippen molar-refractivity contribution in [2.24, 2.45) is 11.5 Å². The van der Waals surface area contributed by atoms with Crippen molar-refractivity contribution < 1.29 is 35.1 Å². The van der Waals surface area contributed by atoms with Crippen molar-refractivity contribution >= 4 is 0 Å². The number of hydrogen-bond acceptors (Lipinski definition) is 2. The Morgan fingerprint density at radius 1 is 0.682 bits per heavy atom. The Labute approximate surface area is 119 Å². The summed E-state index contributed by atoms with van der Waals surface area (Å²) in [5.74, 6) is -26.5. The lowest BCUT2D eigenvalue weighted by atomic mass is 9.68. The third-order valence-electron chi connectivity index (χ3n) is 3.73. The fourth-order valence-corrected chi connectivity index (χ4v) is 2.40. The highest BCUT2D eigenvalue weighted by Crippen LogP contribution is 2.65. The molecule has 1 saturated carbocycles. The number of rotatable bonds is 1. The molecule has 2 rings (SSSR count). The molecule has 124 valence electrons. The number of nitrogens with two attached hydrogens (primary N) is 2. The minimum Gasteiger partial charge on any atom is -0.303 e. The first-order valence-corrected chi connectivity index (χ1v) is 5.87. The largest absolute Gasteiger partial charge is 0.347 e. The molecule has 1 aliphatic rings. The van der Waals surface area contributed by atoms with Crippen LogP contribution >= 0.6 is 0 Å². The van der Waals surface area contributed by atoms with E-state index >= 15 is 0 Å². The van der Waals surface area contributed by atoms with Crippen molar-refractivity contribution in [3.8, 4) is 0 Å². The van der Waals surface area contributed by atoms with Gasteiger partial charge in [0.2, 0.25) is 5.66 Å². The zero-order valence-electron chi connectivity index (χ0n) is 10.6. The van der Waals surface area contributed by atoms with Gasteiger partial charge in [0.15, 0.2) is 0 Å². The molecule has 0 bridgehead atoms. The second-order valence-corrected chi connectivity index (χ2v) is 5.11. The molecule has 2 nitrogen and oxygen atoms in total. The molecular formula is C12H10F8N2. The highest BCUT2D eigenvalue weighted by molar-refractivity contribution is 5.34. The lowest BCUT2D eigenvalue weighted by Crippen LogP contribution is -2.86. The summed E-state index contributed by atoms with van der Waals surface area (Å²) in [5, 5.41) is 0. The average molecular weight is 334 g/mol. The molecule has 22 heavy (non-hydrogen) atoms. The second-order valence-electron chi connectivity index (χ2n) is 5.11. The van der Waals surface area contributed by atoms with Crippen LogP contribution in [0.2, 0.25) is 0 Å². The highest BCUT2D eigenvalue weighted by Gasteiger charge is 2.90. The molecule has 0 spiro atoms. The van der Waals surface area contributed by atoms with E-state index in [2.05, 4.69) is 11.5 Å². The van der Waals surface area contributed by atoms with Crippen LogP contribution < -0.4 is 11.5 Å². The van der Waals surface area contributed by atoms with Crippen LogP contribution in [0.5, 0.6) is 0 Å². The summed E-state index contributed by atoms with van der Waals surface area (Å²) in [4.78, 5) is 0. The Kier molecular flexibility index (Phi) is 3.32. The first kappa shape index (κ1) is 16.9.